The number of carbonyl (C=O) groups is 2. The number of hydrogen-bond donors (Lipinski definition) is 3. The number of H-pyrrole nitrogens is 1. The van der Waals surface area contributed by atoms with Crippen LogP contribution in [0.2, 0.25) is 0 Å². The lowest BCUT2D eigenvalue weighted by molar-refractivity contribution is -0.121. The first-order valence-corrected chi connectivity index (χ1v) is 7.12. The van der Waals surface area contributed by atoms with Gasteiger partial charge in [-0.1, -0.05) is 0 Å². The van der Waals surface area contributed by atoms with Crippen LogP contribution in [0.4, 0.5) is 0 Å². The summed E-state index contributed by atoms with van der Waals surface area (Å²) in [6.45, 7) is 7.48. The first kappa shape index (κ1) is 16.5. The van der Waals surface area contributed by atoms with E-state index in [4.69, 9.17) is 9.15 Å². The number of hydrazine groups is 1. The Bertz CT molecular complexity index is 699. The Morgan fingerprint density at radius 1 is 1.22 bits per heavy atom. The molecule has 3 N–H and O–H groups in total. The van der Waals surface area contributed by atoms with E-state index in [0.717, 1.165) is 17.0 Å². The Morgan fingerprint density at radius 3 is 2.57 bits per heavy atom. The number of aryl methyl sites for hydroxylation is 3. The lowest BCUT2D eigenvalue weighted by atomic mass is 10.1. The lowest BCUT2D eigenvalue weighted by Gasteiger charge is -2.05. The van der Waals surface area contributed by atoms with Crippen molar-refractivity contribution in [1.29, 1.82) is 0 Å². The Kier molecular flexibility index (Phi) is 4.99. The highest BCUT2D eigenvalue weighted by molar-refractivity contribution is 5.91. The van der Waals surface area contributed by atoms with Gasteiger partial charge in [-0.2, -0.15) is 5.10 Å². The van der Waals surface area contributed by atoms with E-state index in [1.807, 2.05) is 6.92 Å². The number of aromatic nitrogens is 3. The minimum Gasteiger partial charge on any atom is -0.464 e. The SMILES string of the molecule is CCOc1oc(C(=O)NNC(=O)Cc2c(C)n[nH]c2C)nc1C. The van der Waals surface area contributed by atoms with E-state index in [9.17, 15) is 9.59 Å². The second-order valence-corrected chi connectivity index (χ2v) is 4.92. The molecule has 0 fully saturated rings. The van der Waals surface area contributed by atoms with Crippen LogP contribution in [0, 0.1) is 20.8 Å². The molecule has 0 saturated carbocycles. The normalized spacial score (nSPS) is 10.4. The van der Waals surface area contributed by atoms with Crippen molar-refractivity contribution in [3.05, 3.63) is 28.5 Å². The molecule has 9 heteroatoms. The van der Waals surface area contributed by atoms with Crippen LogP contribution in [0.3, 0.4) is 0 Å². The quantitative estimate of drug-likeness (QED) is 0.698. The third-order valence-electron chi connectivity index (χ3n) is 3.16. The van der Waals surface area contributed by atoms with Crippen LogP contribution in [-0.2, 0) is 11.2 Å². The summed E-state index contributed by atoms with van der Waals surface area (Å²) < 4.78 is 10.4. The van der Waals surface area contributed by atoms with E-state index in [2.05, 4.69) is 26.0 Å². The van der Waals surface area contributed by atoms with Crippen molar-refractivity contribution >= 4 is 11.8 Å². The number of ether oxygens (including phenoxy) is 1. The van der Waals surface area contributed by atoms with E-state index in [1.54, 1.807) is 20.8 Å². The zero-order valence-electron chi connectivity index (χ0n) is 13.4. The average Bonchev–Trinajstić information content (AvgIpc) is 3.03. The van der Waals surface area contributed by atoms with Gasteiger partial charge >= 0.3 is 11.9 Å². The van der Waals surface area contributed by atoms with Crippen molar-refractivity contribution in [2.24, 2.45) is 0 Å². The number of nitrogens with zero attached hydrogens (tertiary/aromatic N) is 2. The van der Waals surface area contributed by atoms with E-state index >= 15 is 0 Å². The Balaban J connectivity index is 1.91. The Labute approximate surface area is 132 Å². The Hall–Kier alpha value is -2.84. The van der Waals surface area contributed by atoms with Gasteiger partial charge in [-0.15, -0.1) is 0 Å². The molecule has 0 aliphatic heterocycles. The highest BCUT2D eigenvalue weighted by atomic mass is 16.6. The van der Waals surface area contributed by atoms with E-state index in [0.29, 0.717) is 12.3 Å². The van der Waals surface area contributed by atoms with E-state index in [1.165, 1.54) is 0 Å². The zero-order chi connectivity index (χ0) is 17.0. The number of aromatic amines is 1. The van der Waals surface area contributed by atoms with Gasteiger partial charge in [0.1, 0.15) is 5.69 Å². The zero-order valence-corrected chi connectivity index (χ0v) is 13.4. The fraction of sp³-hybridized carbons (Fsp3) is 0.429. The number of carbonyl (C=O) groups excluding carboxylic acids is 2. The topological polar surface area (TPSA) is 122 Å². The average molecular weight is 321 g/mol. The van der Waals surface area contributed by atoms with Crippen LogP contribution in [-0.4, -0.2) is 33.6 Å². The third kappa shape index (κ3) is 3.87. The summed E-state index contributed by atoms with van der Waals surface area (Å²) in [5.41, 5.74) is 7.38. The summed E-state index contributed by atoms with van der Waals surface area (Å²) in [4.78, 5) is 27.7. The van der Waals surface area contributed by atoms with Crippen molar-refractivity contribution in [2.75, 3.05) is 6.61 Å². The maximum atomic E-state index is 11.9. The summed E-state index contributed by atoms with van der Waals surface area (Å²) in [5, 5.41) is 6.81. The van der Waals surface area contributed by atoms with Gasteiger partial charge < -0.3 is 9.15 Å². The third-order valence-corrected chi connectivity index (χ3v) is 3.16. The summed E-state index contributed by atoms with van der Waals surface area (Å²) in [7, 11) is 0. The monoisotopic (exact) mass is 321 g/mol. The van der Waals surface area contributed by atoms with Crippen LogP contribution in [0.25, 0.3) is 0 Å². The van der Waals surface area contributed by atoms with E-state index in [-0.39, 0.29) is 24.2 Å². The molecule has 0 aliphatic rings. The van der Waals surface area contributed by atoms with Gasteiger partial charge in [-0.3, -0.25) is 25.5 Å². The van der Waals surface area contributed by atoms with Crippen LogP contribution in [0.5, 0.6) is 5.95 Å². The summed E-state index contributed by atoms with van der Waals surface area (Å²) >= 11 is 0. The maximum absolute atomic E-state index is 11.9. The van der Waals surface area contributed by atoms with Crippen molar-refractivity contribution in [3.8, 4) is 5.95 Å². The second kappa shape index (κ2) is 6.95. The molecule has 0 bridgehead atoms. The molecule has 9 nitrogen and oxygen atoms in total. The first-order chi connectivity index (χ1) is 10.9. The molecule has 0 saturated heterocycles. The maximum Gasteiger partial charge on any atom is 0.325 e. The summed E-state index contributed by atoms with van der Waals surface area (Å²) in [6, 6.07) is 0. The number of hydrogen-bond acceptors (Lipinski definition) is 6. The summed E-state index contributed by atoms with van der Waals surface area (Å²) in [5.74, 6) is -1.03. The van der Waals surface area contributed by atoms with Gasteiger partial charge in [0.2, 0.25) is 5.91 Å². The van der Waals surface area contributed by atoms with Gasteiger partial charge in [-0.25, -0.2) is 4.98 Å². The lowest BCUT2D eigenvalue weighted by Crippen LogP contribution is -2.42. The van der Waals surface area contributed by atoms with Crippen molar-refractivity contribution in [2.45, 2.75) is 34.1 Å². The molecule has 0 atom stereocenters. The van der Waals surface area contributed by atoms with Gasteiger partial charge in [0.25, 0.3) is 5.89 Å². The molecule has 2 heterocycles. The van der Waals surface area contributed by atoms with Crippen LogP contribution in [0.1, 0.15) is 40.3 Å². The molecule has 2 aromatic heterocycles. The standard InChI is InChI=1S/C14H19N5O4/c1-5-22-14-9(4)15-13(23-14)12(21)19-18-11(20)6-10-7(2)16-17-8(10)3/h5-6H2,1-4H3,(H,16,17)(H,18,20)(H,19,21). The van der Waals surface area contributed by atoms with Crippen LogP contribution in [0.15, 0.2) is 4.42 Å². The minimum absolute atomic E-state index is 0.100. The summed E-state index contributed by atoms with van der Waals surface area (Å²) in [6.07, 6.45) is 0.100. The molecule has 2 aromatic rings. The fourth-order valence-corrected chi connectivity index (χ4v) is 1.96. The molecule has 23 heavy (non-hydrogen) atoms. The minimum atomic E-state index is -0.659. The number of rotatable bonds is 5. The van der Waals surface area contributed by atoms with E-state index < -0.39 is 5.91 Å². The van der Waals surface area contributed by atoms with Crippen molar-refractivity contribution in [1.82, 2.24) is 26.0 Å². The molecule has 0 aromatic carbocycles. The number of oxazole rings is 1. The first-order valence-electron chi connectivity index (χ1n) is 7.12. The van der Waals surface area contributed by atoms with Crippen molar-refractivity contribution < 1.29 is 18.7 Å². The smallest absolute Gasteiger partial charge is 0.325 e. The molecule has 2 amide bonds. The fourth-order valence-electron chi connectivity index (χ4n) is 1.96. The largest absolute Gasteiger partial charge is 0.464 e. The van der Waals surface area contributed by atoms with Crippen LogP contribution < -0.4 is 15.6 Å². The van der Waals surface area contributed by atoms with Crippen LogP contribution >= 0.6 is 0 Å². The molecular weight excluding hydrogens is 302 g/mol. The highest BCUT2D eigenvalue weighted by Crippen LogP contribution is 2.18. The predicted molar refractivity (Wildman–Crippen MR) is 79.8 cm³/mol. The number of amides is 2. The van der Waals surface area contributed by atoms with Gasteiger partial charge in [0, 0.05) is 11.3 Å². The molecule has 0 aliphatic carbocycles. The highest BCUT2D eigenvalue weighted by Gasteiger charge is 2.18. The van der Waals surface area contributed by atoms with Gasteiger partial charge in [-0.05, 0) is 27.7 Å². The van der Waals surface area contributed by atoms with Gasteiger partial charge in [0.05, 0.1) is 18.7 Å². The number of nitrogens with one attached hydrogen (secondary N) is 3. The molecule has 0 spiro atoms. The predicted octanol–water partition coefficient (Wildman–Crippen LogP) is 0.725. The van der Waals surface area contributed by atoms with Crippen molar-refractivity contribution in [3.63, 3.8) is 0 Å². The van der Waals surface area contributed by atoms with Gasteiger partial charge in [0.15, 0.2) is 0 Å². The second-order valence-electron chi connectivity index (χ2n) is 4.92. The molecule has 2 rings (SSSR count). The Morgan fingerprint density at radius 2 is 1.96 bits per heavy atom. The molecule has 0 unspecified atom stereocenters. The molecule has 124 valence electrons. The molecule has 0 radical (unpaired) electrons. The molecular formula is C14H19N5O4.